The summed E-state index contributed by atoms with van der Waals surface area (Å²) in [7, 11) is -7.55. The Bertz CT molecular complexity index is 1100. The molecule has 0 radical (unpaired) electrons. The summed E-state index contributed by atoms with van der Waals surface area (Å²) >= 11 is 0. The second-order valence-corrected chi connectivity index (χ2v) is 9.37. The summed E-state index contributed by atoms with van der Waals surface area (Å²) in [5.41, 5.74) is 0.697. The van der Waals surface area contributed by atoms with Gasteiger partial charge in [-0.1, -0.05) is 24.3 Å². The van der Waals surface area contributed by atoms with Crippen molar-refractivity contribution in [3.05, 3.63) is 66.2 Å². The van der Waals surface area contributed by atoms with E-state index in [9.17, 15) is 27.0 Å². The summed E-state index contributed by atoms with van der Waals surface area (Å²) in [5, 5.41) is 19.5. The van der Waals surface area contributed by atoms with E-state index in [4.69, 9.17) is 0 Å². The van der Waals surface area contributed by atoms with Crippen molar-refractivity contribution in [1.29, 1.82) is 0 Å². The number of phenolic OH excluding ortho intramolecular Hbond substituents is 1. The fourth-order valence-corrected chi connectivity index (χ4v) is 4.84. The van der Waals surface area contributed by atoms with Crippen LogP contribution in [0, 0.1) is 0 Å². The van der Waals surface area contributed by atoms with Crippen LogP contribution >= 0.6 is 0 Å². The van der Waals surface area contributed by atoms with Crippen LogP contribution in [-0.2, 0) is 26.7 Å². The van der Waals surface area contributed by atoms with Gasteiger partial charge in [-0.15, -0.1) is 0 Å². The normalized spacial score (nSPS) is 15.9. The number of hydrogen-bond donors (Lipinski definition) is 4. The van der Waals surface area contributed by atoms with Crippen molar-refractivity contribution in [3.63, 3.8) is 0 Å². The van der Waals surface area contributed by atoms with Crippen LogP contribution in [0.1, 0.15) is 12.0 Å². The Balaban J connectivity index is 1.60. The van der Waals surface area contributed by atoms with Gasteiger partial charge in [0.15, 0.2) is 0 Å². The highest BCUT2D eigenvalue weighted by atomic mass is 32.2. The maximum Gasteiger partial charge on any atom is 0.330 e. The van der Waals surface area contributed by atoms with E-state index in [1.54, 1.807) is 24.3 Å². The fourth-order valence-electron chi connectivity index (χ4n) is 2.68. The first-order chi connectivity index (χ1) is 13.2. The first-order valence-corrected chi connectivity index (χ1v) is 11.2. The van der Waals surface area contributed by atoms with Crippen LogP contribution in [0.3, 0.4) is 0 Å². The van der Waals surface area contributed by atoms with E-state index in [1.807, 2.05) is 4.72 Å². The van der Waals surface area contributed by atoms with Crippen molar-refractivity contribution in [3.8, 4) is 5.75 Å². The third kappa shape index (κ3) is 4.38. The number of aliphatic hydroxyl groups is 1. The summed E-state index contributed by atoms with van der Waals surface area (Å²) < 4.78 is 53.1. The molecule has 0 aromatic heterocycles. The van der Waals surface area contributed by atoms with E-state index in [0.29, 0.717) is 18.4 Å². The average Bonchev–Trinajstić information content (AvgIpc) is 2.92. The third-order valence-corrected chi connectivity index (χ3v) is 6.76. The zero-order valence-corrected chi connectivity index (χ0v) is 16.2. The molecule has 150 valence electrons. The Labute approximate surface area is 163 Å². The van der Waals surface area contributed by atoms with Crippen LogP contribution in [0.2, 0.25) is 0 Å². The van der Waals surface area contributed by atoms with Crippen LogP contribution in [0.5, 0.6) is 5.75 Å². The van der Waals surface area contributed by atoms with Crippen LogP contribution in [0.15, 0.2) is 65.5 Å². The number of nitrogens with one attached hydrogen (secondary N) is 2. The molecule has 0 atom stereocenters. The molecule has 3 rings (SSSR count). The number of rotatable bonds is 7. The number of benzene rings is 2. The third-order valence-electron chi connectivity index (χ3n) is 4.00. The predicted octanol–water partition coefficient (Wildman–Crippen LogP) is 1.31. The monoisotopic (exact) mass is 425 g/mol. The first kappa shape index (κ1) is 20.0. The maximum atomic E-state index is 12.1. The Morgan fingerprint density at radius 2 is 1.79 bits per heavy atom. The summed E-state index contributed by atoms with van der Waals surface area (Å²) in [6, 6.07) is 12.5. The number of aromatic hydroxyl groups is 1. The molecule has 0 bridgehead atoms. The van der Waals surface area contributed by atoms with E-state index >= 15 is 0 Å². The van der Waals surface area contributed by atoms with Gasteiger partial charge in [-0.05, 0) is 42.7 Å². The number of nitrogens with zero attached hydrogens (tertiary/aromatic N) is 1. The lowest BCUT2D eigenvalue weighted by molar-refractivity contribution is 0.392. The Hall–Kier alpha value is -2.76. The number of sulfonamides is 1. The van der Waals surface area contributed by atoms with Crippen molar-refractivity contribution < 1.29 is 27.0 Å². The second-order valence-electron chi connectivity index (χ2n) is 6.05. The molecular formula is C17H19N3O6S2. The molecule has 0 unspecified atom stereocenters. The van der Waals surface area contributed by atoms with E-state index in [-0.39, 0.29) is 22.9 Å². The van der Waals surface area contributed by atoms with Gasteiger partial charge in [0, 0.05) is 6.54 Å². The zero-order chi connectivity index (χ0) is 20.4. The van der Waals surface area contributed by atoms with Gasteiger partial charge in [0.05, 0.1) is 11.1 Å². The highest BCUT2D eigenvalue weighted by Gasteiger charge is 2.30. The molecule has 1 heterocycles. The molecule has 2 aromatic rings. The van der Waals surface area contributed by atoms with E-state index in [2.05, 4.69) is 4.72 Å². The minimum Gasteiger partial charge on any atom is -0.506 e. The van der Waals surface area contributed by atoms with Gasteiger partial charge in [-0.3, -0.25) is 0 Å². The van der Waals surface area contributed by atoms with Crippen molar-refractivity contribution in [2.24, 2.45) is 0 Å². The minimum absolute atomic E-state index is 0.00918. The summed E-state index contributed by atoms with van der Waals surface area (Å²) in [4.78, 5) is 0.189. The quantitative estimate of drug-likeness (QED) is 0.494. The van der Waals surface area contributed by atoms with Gasteiger partial charge in [0.25, 0.3) is 0 Å². The highest BCUT2D eigenvalue weighted by molar-refractivity contribution is 7.91. The maximum absolute atomic E-state index is 12.1. The molecular weight excluding hydrogens is 406 g/mol. The SMILES string of the molecule is O=S(=O)(NCCCc1ccc(N2C=C(O)NS2(=O)=O)c(O)c1)c1ccccc1. The van der Waals surface area contributed by atoms with Crippen molar-refractivity contribution >= 4 is 25.9 Å². The lowest BCUT2D eigenvalue weighted by atomic mass is 10.1. The Kier molecular flexibility index (Phi) is 5.49. The molecule has 0 saturated heterocycles. The van der Waals surface area contributed by atoms with Crippen molar-refractivity contribution in [2.75, 3.05) is 10.8 Å². The van der Waals surface area contributed by atoms with Gasteiger partial charge in [-0.25, -0.2) is 22.2 Å². The number of aryl methyl sites for hydroxylation is 1. The Morgan fingerprint density at radius 3 is 2.39 bits per heavy atom. The zero-order valence-electron chi connectivity index (χ0n) is 14.6. The van der Waals surface area contributed by atoms with E-state index < -0.39 is 26.1 Å². The lowest BCUT2D eigenvalue weighted by Crippen LogP contribution is -2.29. The number of anilines is 1. The molecule has 0 spiro atoms. The molecule has 0 amide bonds. The van der Waals surface area contributed by atoms with Crippen LogP contribution in [0.4, 0.5) is 5.69 Å². The molecule has 0 saturated carbocycles. The second kappa shape index (κ2) is 7.70. The highest BCUT2D eigenvalue weighted by Crippen LogP contribution is 2.32. The Morgan fingerprint density at radius 1 is 1.07 bits per heavy atom. The average molecular weight is 425 g/mol. The molecule has 9 nitrogen and oxygen atoms in total. The number of aliphatic hydroxyl groups excluding tert-OH is 1. The van der Waals surface area contributed by atoms with Gasteiger partial charge in [0.2, 0.25) is 15.9 Å². The van der Waals surface area contributed by atoms with Crippen LogP contribution in [0.25, 0.3) is 0 Å². The summed E-state index contributed by atoms with van der Waals surface area (Å²) in [6.07, 6.45) is 1.90. The standard InChI is InChI=1S/C17H19N3O6S2/c21-16-11-13(8-9-15(16)20-12-17(22)19-28(20,25)26)5-4-10-18-27(23,24)14-6-2-1-3-7-14/h1-3,6-9,11-12,18-19,21-22H,4-5,10H2. The van der Waals surface area contributed by atoms with Gasteiger partial charge in [-0.2, -0.15) is 8.42 Å². The summed E-state index contributed by atoms with van der Waals surface area (Å²) in [6.45, 7) is 0.209. The van der Waals surface area contributed by atoms with Gasteiger partial charge < -0.3 is 10.2 Å². The predicted molar refractivity (Wildman–Crippen MR) is 103 cm³/mol. The van der Waals surface area contributed by atoms with Crippen LogP contribution < -0.4 is 13.7 Å². The van der Waals surface area contributed by atoms with Crippen LogP contribution in [-0.4, -0.2) is 33.6 Å². The molecule has 4 N–H and O–H groups in total. The topological polar surface area (TPSA) is 136 Å². The van der Waals surface area contributed by atoms with E-state index in [0.717, 1.165) is 10.5 Å². The van der Waals surface area contributed by atoms with Gasteiger partial charge >= 0.3 is 10.2 Å². The molecule has 1 aliphatic heterocycles. The fraction of sp³-hybridized carbons (Fsp3) is 0.176. The largest absolute Gasteiger partial charge is 0.506 e. The molecule has 28 heavy (non-hydrogen) atoms. The molecule has 0 aliphatic carbocycles. The summed E-state index contributed by atoms with van der Waals surface area (Å²) in [5.74, 6) is -0.826. The molecule has 0 fully saturated rings. The van der Waals surface area contributed by atoms with Gasteiger partial charge in [0.1, 0.15) is 11.4 Å². The number of phenols is 1. The smallest absolute Gasteiger partial charge is 0.330 e. The minimum atomic E-state index is -3.98. The number of hydrogen-bond acceptors (Lipinski definition) is 6. The molecule has 1 aliphatic rings. The molecule has 11 heteroatoms. The first-order valence-electron chi connectivity index (χ1n) is 8.29. The van der Waals surface area contributed by atoms with Crippen molar-refractivity contribution in [1.82, 2.24) is 9.44 Å². The molecule has 2 aromatic carbocycles. The van der Waals surface area contributed by atoms with Crippen molar-refractivity contribution in [2.45, 2.75) is 17.7 Å². The van der Waals surface area contributed by atoms with E-state index in [1.165, 1.54) is 24.3 Å². The lowest BCUT2D eigenvalue weighted by Gasteiger charge is -2.16.